The van der Waals surface area contributed by atoms with Crippen LogP contribution in [0.25, 0.3) is 0 Å². The number of alkyl carbamates (subject to hydrolysis) is 1. The average Bonchev–Trinajstić information content (AvgIpc) is 3.64. The molecule has 2 fully saturated rings. The molecule has 2 aliphatic heterocycles. The minimum Gasteiger partial charge on any atom is -0.445 e. The largest absolute Gasteiger partial charge is 0.445 e. The van der Waals surface area contributed by atoms with E-state index in [1.807, 2.05) is 67.6 Å². The average molecular weight is 675 g/mol. The van der Waals surface area contributed by atoms with Gasteiger partial charge in [0.1, 0.15) is 17.7 Å². The molecular formula is C34H34N4O7S2. The molecule has 2 saturated heterocycles. The van der Waals surface area contributed by atoms with E-state index in [2.05, 4.69) is 22.4 Å². The minimum atomic E-state index is -1.05. The van der Waals surface area contributed by atoms with Gasteiger partial charge in [-0.25, -0.2) is 9.69 Å². The first-order valence-electron chi connectivity index (χ1n) is 15.2. The monoisotopic (exact) mass is 674 g/mol. The van der Waals surface area contributed by atoms with E-state index in [9.17, 15) is 19.5 Å². The van der Waals surface area contributed by atoms with Crippen LogP contribution >= 0.6 is 23.1 Å². The molecule has 3 aromatic carbocycles. The zero-order valence-electron chi connectivity index (χ0n) is 25.8. The van der Waals surface area contributed by atoms with Crippen molar-refractivity contribution in [1.29, 1.82) is 0 Å². The number of amides is 3. The van der Waals surface area contributed by atoms with Gasteiger partial charge < -0.3 is 24.6 Å². The summed E-state index contributed by atoms with van der Waals surface area (Å²) in [6.07, 6.45) is -2.34. The highest BCUT2D eigenvalue weighted by Crippen LogP contribution is 2.43. The molecule has 2 aliphatic rings. The zero-order valence-corrected chi connectivity index (χ0v) is 27.4. The van der Waals surface area contributed by atoms with Crippen LogP contribution in [0.5, 0.6) is 0 Å². The van der Waals surface area contributed by atoms with E-state index in [0.717, 1.165) is 30.9 Å². The molecule has 244 valence electrons. The minimum absolute atomic E-state index is 0.0360. The number of benzene rings is 3. The highest BCUT2D eigenvalue weighted by molar-refractivity contribution is 8.01. The van der Waals surface area contributed by atoms with Crippen LogP contribution in [0.1, 0.15) is 53.0 Å². The van der Waals surface area contributed by atoms with Gasteiger partial charge in [0, 0.05) is 17.2 Å². The predicted molar refractivity (Wildman–Crippen MR) is 175 cm³/mol. The fraction of sp³-hybridized carbons (Fsp3) is 0.324. The molecule has 0 bridgehead atoms. The molecule has 0 aliphatic carbocycles. The van der Waals surface area contributed by atoms with Crippen molar-refractivity contribution in [2.24, 2.45) is 5.92 Å². The second kappa shape index (κ2) is 14.7. The first-order valence-corrected chi connectivity index (χ1v) is 17.0. The number of hydrogen-bond acceptors (Lipinski definition) is 11. The molecule has 0 saturated carbocycles. The number of thioether (sulfide) groups is 1. The fourth-order valence-electron chi connectivity index (χ4n) is 5.53. The highest BCUT2D eigenvalue weighted by atomic mass is 32.2. The zero-order chi connectivity index (χ0) is 32.9. The molecule has 0 radical (unpaired) electrons. The maximum Gasteiger partial charge on any atom is 0.408 e. The van der Waals surface area contributed by atoms with Gasteiger partial charge in [-0.05, 0) is 35.7 Å². The van der Waals surface area contributed by atoms with E-state index >= 15 is 0 Å². The smallest absolute Gasteiger partial charge is 0.408 e. The van der Waals surface area contributed by atoms with Gasteiger partial charge in [-0.15, -0.1) is 10.2 Å². The second-order valence-corrected chi connectivity index (χ2v) is 13.8. The summed E-state index contributed by atoms with van der Waals surface area (Å²) in [5, 5.41) is 21.3. The molecule has 1 unspecified atom stereocenters. The van der Waals surface area contributed by atoms with Crippen LogP contribution < -0.4 is 10.2 Å². The number of nitrogens with one attached hydrogen (secondary N) is 1. The van der Waals surface area contributed by atoms with Crippen molar-refractivity contribution >= 4 is 46.7 Å². The van der Waals surface area contributed by atoms with Crippen LogP contribution in [0.3, 0.4) is 0 Å². The number of aryl methyl sites for hydroxylation is 1. The number of imide groups is 1. The third kappa shape index (κ3) is 7.71. The quantitative estimate of drug-likeness (QED) is 0.164. The number of ether oxygens (including phenoxy) is 3. The standard InChI is InChI=1S/C34H34N4O7S2/c1-20-28(19-46-34-37-36-21(2)47-34)44-32(45-30(20)24-13-11-22(17-39)12-14-24)25-9-6-10-26(15-25)38-29(40)16-27(31(38)41)35-33(42)43-18-23-7-4-3-5-8-23/h3-15,20,27-28,30,32,39H,16-19H2,1-2H3,(H,35,42)/t20-,27?,28+,30+,32+/m1/s1. The Morgan fingerprint density at radius 1 is 1.02 bits per heavy atom. The van der Waals surface area contributed by atoms with Crippen molar-refractivity contribution in [2.45, 2.75) is 62.4 Å². The van der Waals surface area contributed by atoms with Crippen LogP contribution in [-0.4, -0.2) is 51.1 Å². The lowest BCUT2D eigenvalue weighted by atomic mass is 9.91. The number of anilines is 1. The Morgan fingerprint density at radius 2 is 1.81 bits per heavy atom. The van der Waals surface area contributed by atoms with Crippen molar-refractivity contribution < 1.29 is 33.7 Å². The number of aliphatic hydroxyl groups excluding tert-OH is 1. The molecule has 47 heavy (non-hydrogen) atoms. The van der Waals surface area contributed by atoms with Gasteiger partial charge in [0.2, 0.25) is 5.91 Å². The summed E-state index contributed by atoms with van der Waals surface area (Å²) in [7, 11) is 0. The van der Waals surface area contributed by atoms with E-state index in [1.165, 1.54) is 11.3 Å². The van der Waals surface area contributed by atoms with Crippen LogP contribution in [0, 0.1) is 12.8 Å². The Morgan fingerprint density at radius 3 is 2.53 bits per heavy atom. The number of carbonyl (C=O) groups excluding carboxylic acids is 3. The third-order valence-electron chi connectivity index (χ3n) is 8.05. The van der Waals surface area contributed by atoms with Crippen molar-refractivity contribution in [3.05, 3.63) is 106 Å². The molecule has 11 nitrogen and oxygen atoms in total. The lowest BCUT2D eigenvalue weighted by Gasteiger charge is -2.41. The molecule has 3 amide bonds. The molecule has 6 rings (SSSR count). The van der Waals surface area contributed by atoms with Crippen LogP contribution in [0.4, 0.5) is 10.5 Å². The summed E-state index contributed by atoms with van der Waals surface area (Å²) >= 11 is 3.10. The summed E-state index contributed by atoms with van der Waals surface area (Å²) < 4.78 is 19.2. The van der Waals surface area contributed by atoms with Gasteiger partial charge in [0.05, 0.1) is 30.9 Å². The molecule has 0 spiro atoms. The first-order chi connectivity index (χ1) is 22.8. The van der Waals surface area contributed by atoms with E-state index in [1.54, 1.807) is 30.0 Å². The predicted octanol–water partition coefficient (Wildman–Crippen LogP) is 5.48. The van der Waals surface area contributed by atoms with Crippen LogP contribution in [-0.2, 0) is 37.0 Å². The lowest BCUT2D eigenvalue weighted by molar-refractivity contribution is -0.268. The summed E-state index contributed by atoms with van der Waals surface area (Å²) in [4.78, 5) is 40.0. The molecule has 5 atom stereocenters. The Bertz CT molecular complexity index is 1720. The molecule has 1 aromatic heterocycles. The summed E-state index contributed by atoms with van der Waals surface area (Å²) in [5.41, 5.74) is 3.53. The van der Waals surface area contributed by atoms with Gasteiger partial charge >= 0.3 is 6.09 Å². The van der Waals surface area contributed by atoms with Gasteiger partial charge in [-0.1, -0.05) is 96.8 Å². The van der Waals surface area contributed by atoms with E-state index in [0.29, 0.717) is 17.0 Å². The summed E-state index contributed by atoms with van der Waals surface area (Å²) in [5.74, 6) is -0.419. The number of hydrogen-bond donors (Lipinski definition) is 2. The normalized spacial score (nSPS) is 22.8. The van der Waals surface area contributed by atoms with Crippen LogP contribution in [0.15, 0.2) is 83.2 Å². The van der Waals surface area contributed by atoms with Crippen LogP contribution in [0.2, 0.25) is 0 Å². The molecule has 4 aromatic rings. The Labute approximate surface area is 280 Å². The molecule has 3 heterocycles. The van der Waals surface area contributed by atoms with E-state index in [-0.39, 0.29) is 37.8 Å². The summed E-state index contributed by atoms with van der Waals surface area (Å²) in [6, 6.07) is 22.7. The van der Waals surface area contributed by atoms with Crippen molar-refractivity contribution in [2.75, 3.05) is 10.7 Å². The van der Waals surface area contributed by atoms with Gasteiger partial charge in [0.15, 0.2) is 10.6 Å². The second-order valence-electron chi connectivity index (χ2n) is 11.3. The van der Waals surface area contributed by atoms with Gasteiger partial charge in [-0.2, -0.15) is 0 Å². The van der Waals surface area contributed by atoms with Crippen molar-refractivity contribution in [3.63, 3.8) is 0 Å². The fourth-order valence-corrected chi connectivity index (χ4v) is 7.54. The SMILES string of the molecule is Cc1nnc(SC[C@@H]2O[C@H](c3cccc(N4C(=O)CC(NC(=O)OCc5ccccc5)C4=O)c3)O[C@H](c3ccc(CO)cc3)[C@@H]2C)s1. The molecule has 13 heteroatoms. The number of rotatable bonds is 10. The van der Waals surface area contributed by atoms with Crippen molar-refractivity contribution in [1.82, 2.24) is 15.5 Å². The topological polar surface area (TPSA) is 140 Å². The number of aliphatic hydroxyl groups is 1. The Balaban J connectivity index is 1.18. The Kier molecular flexibility index (Phi) is 10.3. The molecular weight excluding hydrogens is 641 g/mol. The first kappa shape index (κ1) is 32.8. The molecule has 2 N–H and O–H groups in total. The Hall–Kier alpha value is -4.14. The maximum atomic E-state index is 13.4. The summed E-state index contributed by atoms with van der Waals surface area (Å²) in [6.45, 7) is 3.98. The van der Waals surface area contributed by atoms with Crippen molar-refractivity contribution in [3.8, 4) is 0 Å². The van der Waals surface area contributed by atoms with Gasteiger partial charge in [-0.3, -0.25) is 9.59 Å². The third-order valence-corrected chi connectivity index (χ3v) is 10.1. The van der Waals surface area contributed by atoms with Gasteiger partial charge in [0.25, 0.3) is 5.91 Å². The number of aromatic nitrogens is 2. The number of carbonyl (C=O) groups is 3. The highest BCUT2D eigenvalue weighted by Gasteiger charge is 2.42. The van der Waals surface area contributed by atoms with E-state index in [4.69, 9.17) is 14.2 Å². The lowest BCUT2D eigenvalue weighted by Crippen LogP contribution is -2.42. The van der Waals surface area contributed by atoms with E-state index < -0.39 is 30.2 Å². The maximum absolute atomic E-state index is 13.4. The number of nitrogens with zero attached hydrogens (tertiary/aromatic N) is 3.